The first-order valence-electron chi connectivity index (χ1n) is 12.7. The Morgan fingerprint density at radius 1 is 0.641 bits per heavy atom. The second kappa shape index (κ2) is 12.5. The molecule has 0 aliphatic carbocycles. The van der Waals surface area contributed by atoms with Crippen LogP contribution in [-0.2, 0) is 13.2 Å². The van der Waals surface area contributed by atoms with Crippen LogP contribution < -0.4 is 19.5 Å². The number of benzene rings is 5. The second-order valence-electron chi connectivity index (χ2n) is 8.96. The first-order chi connectivity index (χ1) is 19.2. The van der Waals surface area contributed by atoms with E-state index in [0.717, 1.165) is 33.8 Å². The Balaban J connectivity index is 1.20. The monoisotopic (exact) mass is 515 g/mol. The van der Waals surface area contributed by atoms with E-state index in [1.807, 2.05) is 97.1 Å². The van der Waals surface area contributed by atoms with Crippen LogP contribution >= 0.6 is 0 Å². The lowest BCUT2D eigenvalue weighted by atomic mass is 10.1. The van der Waals surface area contributed by atoms with Gasteiger partial charge >= 0.3 is 0 Å². The molecule has 194 valence electrons. The van der Waals surface area contributed by atoms with Crippen molar-refractivity contribution in [2.75, 3.05) is 12.4 Å². The molecule has 1 amide bonds. The molecule has 0 unspecified atom stereocenters. The average molecular weight is 516 g/mol. The molecule has 0 heterocycles. The van der Waals surface area contributed by atoms with E-state index in [-0.39, 0.29) is 12.5 Å². The molecule has 0 fully saturated rings. The van der Waals surface area contributed by atoms with Crippen LogP contribution in [-0.4, -0.2) is 13.0 Å². The smallest absolute Gasteiger partial charge is 0.255 e. The van der Waals surface area contributed by atoms with Gasteiger partial charge in [0.05, 0.1) is 7.11 Å². The zero-order chi connectivity index (χ0) is 26.9. The van der Waals surface area contributed by atoms with E-state index in [2.05, 4.69) is 17.4 Å². The molecule has 5 aromatic rings. The molecular weight excluding hydrogens is 486 g/mol. The minimum atomic E-state index is -0.218. The summed E-state index contributed by atoms with van der Waals surface area (Å²) in [6, 6.07) is 40.8. The molecule has 0 aliphatic heterocycles. The van der Waals surface area contributed by atoms with E-state index < -0.39 is 0 Å². The van der Waals surface area contributed by atoms with Gasteiger partial charge in [0.25, 0.3) is 5.91 Å². The third kappa shape index (κ3) is 6.84. The first kappa shape index (κ1) is 25.6. The van der Waals surface area contributed by atoms with Crippen molar-refractivity contribution < 1.29 is 19.0 Å². The van der Waals surface area contributed by atoms with Crippen molar-refractivity contribution in [1.29, 1.82) is 0 Å². The first-order valence-corrected chi connectivity index (χ1v) is 12.7. The summed E-state index contributed by atoms with van der Waals surface area (Å²) >= 11 is 0. The highest BCUT2D eigenvalue weighted by atomic mass is 16.5. The second-order valence-corrected chi connectivity index (χ2v) is 8.96. The predicted molar refractivity (Wildman–Crippen MR) is 154 cm³/mol. The minimum absolute atomic E-state index is 0.218. The Bertz CT molecular complexity index is 1500. The normalized spacial score (nSPS) is 10.5. The van der Waals surface area contributed by atoms with Gasteiger partial charge in [-0.3, -0.25) is 4.79 Å². The minimum Gasteiger partial charge on any atom is -0.496 e. The molecule has 0 spiro atoms. The van der Waals surface area contributed by atoms with E-state index in [0.29, 0.717) is 23.6 Å². The number of rotatable bonds is 10. The molecule has 0 bridgehead atoms. The zero-order valence-electron chi connectivity index (χ0n) is 21.7. The van der Waals surface area contributed by atoms with Gasteiger partial charge in [0.1, 0.15) is 30.5 Å². The van der Waals surface area contributed by atoms with Gasteiger partial charge in [-0.1, -0.05) is 72.8 Å². The zero-order valence-corrected chi connectivity index (χ0v) is 21.7. The fourth-order valence-corrected chi connectivity index (χ4v) is 4.15. The standard InChI is InChI=1S/C34H29NO4/c1-37-33-21-14-28(22-29(33)24-39-31-17-12-27(13-18-31)26-10-6-3-7-11-26)34(36)35-30-15-19-32(20-16-30)38-23-25-8-4-2-5-9-25/h2-22H,23-24H2,1H3,(H,35,36). The van der Waals surface area contributed by atoms with Crippen molar-refractivity contribution in [3.63, 3.8) is 0 Å². The van der Waals surface area contributed by atoms with Gasteiger partial charge < -0.3 is 19.5 Å². The molecule has 5 aromatic carbocycles. The van der Waals surface area contributed by atoms with Crippen molar-refractivity contribution in [1.82, 2.24) is 0 Å². The largest absolute Gasteiger partial charge is 0.496 e. The summed E-state index contributed by atoms with van der Waals surface area (Å²) in [5.74, 6) is 1.91. The molecule has 5 heteroatoms. The maximum absolute atomic E-state index is 13.0. The number of hydrogen-bond acceptors (Lipinski definition) is 4. The highest BCUT2D eigenvalue weighted by Crippen LogP contribution is 2.26. The lowest BCUT2D eigenvalue weighted by Gasteiger charge is -2.13. The number of carbonyl (C=O) groups is 1. The van der Waals surface area contributed by atoms with Crippen molar-refractivity contribution in [3.05, 3.63) is 144 Å². The predicted octanol–water partition coefficient (Wildman–Crippen LogP) is 7.77. The molecule has 0 saturated heterocycles. The molecular formula is C34H29NO4. The Kier molecular flexibility index (Phi) is 8.19. The molecule has 1 N–H and O–H groups in total. The van der Waals surface area contributed by atoms with Crippen molar-refractivity contribution >= 4 is 11.6 Å². The number of amides is 1. The molecule has 5 rings (SSSR count). The maximum Gasteiger partial charge on any atom is 0.255 e. The van der Waals surface area contributed by atoms with Crippen LogP contribution in [0.2, 0.25) is 0 Å². The lowest BCUT2D eigenvalue weighted by molar-refractivity contribution is 0.102. The van der Waals surface area contributed by atoms with Crippen molar-refractivity contribution in [3.8, 4) is 28.4 Å². The van der Waals surface area contributed by atoms with E-state index in [1.54, 1.807) is 25.3 Å². The highest BCUT2D eigenvalue weighted by Gasteiger charge is 2.12. The van der Waals surface area contributed by atoms with Gasteiger partial charge in [0, 0.05) is 16.8 Å². The van der Waals surface area contributed by atoms with Gasteiger partial charge in [-0.05, 0) is 71.3 Å². The van der Waals surface area contributed by atoms with Gasteiger partial charge in [0.2, 0.25) is 0 Å². The van der Waals surface area contributed by atoms with Gasteiger partial charge in [-0.2, -0.15) is 0 Å². The van der Waals surface area contributed by atoms with Crippen LogP contribution in [0.5, 0.6) is 17.2 Å². The number of nitrogens with one attached hydrogen (secondary N) is 1. The number of carbonyl (C=O) groups excluding carboxylic acids is 1. The van der Waals surface area contributed by atoms with Crippen LogP contribution in [0.4, 0.5) is 5.69 Å². The third-order valence-corrected chi connectivity index (χ3v) is 6.26. The molecule has 5 nitrogen and oxygen atoms in total. The molecule has 0 radical (unpaired) electrons. The SMILES string of the molecule is COc1ccc(C(=O)Nc2ccc(OCc3ccccc3)cc2)cc1COc1ccc(-c2ccccc2)cc1. The Morgan fingerprint density at radius 2 is 1.23 bits per heavy atom. The number of methoxy groups -OCH3 is 1. The fraction of sp³-hybridized carbons (Fsp3) is 0.0882. The molecule has 0 aliphatic rings. The summed E-state index contributed by atoms with van der Waals surface area (Å²) in [6.45, 7) is 0.753. The van der Waals surface area contributed by atoms with Crippen LogP contribution in [0.3, 0.4) is 0 Å². The van der Waals surface area contributed by atoms with E-state index in [1.165, 1.54) is 0 Å². The van der Waals surface area contributed by atoms with Gasteiger partial charge in [-0.15, -0.1) is 0 Å². The Hall–Kier alpha value is -5.03. The summed E-state index contributed by atoms with van der Waals surface area (Å²) in [5.41, 5.74) is 5.34. The molecule has 0 aromatic heterocycles. The lowest BCUT2D eigenvalue weighted by Crippen LogP contribution is -2.13. The van der Waals surface area contributed by atoms with Crippen LogP contribution in [0.25, 0.3) is 11.1 Å². The third-order valence-electron chi connectivity index (χ3n) is 6.26. The summed E-state index contributed by atoms with van der Waals surface area (Å²) in [4.78, 5) is 13.0. The summed E-state index contributed by atoms with van der Waals surface area (Å²) in [5, 5.41) is 2.94. The fourth-order valence-electron chi connectivity index (χ4n) is 4.15. The van der Waals surface area contributed by atoms with Crippen molar-refractivity contribution in [2.45, 2.75) is 13.2 Å². The van der Waals surface area contributed by atoms with Gasteiger partial charge in [0.15, 0.2) is 0 Å². The quantitative estimate of drug-likeness (QED) is 0.206. The van der Waals surface area contributed by atoms with Crippen LogP contribution in [0, 0.1) is 0 Å². The molecule has 0 saturated carbocycles. The molecule has 39 heavy (non-hydrogen) atoms. The van der Waals surface area contributed by atoms with Crippen LogP contribution in [0.1, 0.15) is 21.5 Å². The average Bonchev–Trinajstić information content (AvgIpc) is 3.00. The van der Waals surface area contributed by atoms with Crippen molar-refractivity contribution in [2.24, 2.45) is 0 Å². The molecule has 0 atom stereocenters. The number of ether oxygens (including phenoxy) is 3. The van der Waals surface area contributed by atoms with E-state index >= 15 is 0 Å². The highest BCUT2D eigenvalue weighted by molar-refractivity contribution is 6.04. The van der Waals surface area contributed by atoms with Crippen LogP contribution in [0.15, 0.2) is 127 Å². The summed E-state index contributed by atoms with van der Waals surface area (Å²) < 4.78 is 17.4. The summed E-state index contributed by atoms with van der Waals surface area (Å²) in [7, 11) is 1.61. The van der Waals surface area contributed by atoms with Gasteiger partial charge in [-0.25, -0.2) is 0 Å². The van der Waals surface area contributed by atoms with E-state index in [4.69, 9.17) is 14.2 Å². The number of anilines is 1. The number of hydrogen-bond donors (Lipinski definition) is 1. The maximum atomic E-state index is 13.0. The summed E-state index contributed by atoms with van der Waals surface area (Å²) in [6.07, 6.45) is 0. The Labute approximate surface area is 228 Å². The Morgan fingerprint density at radius 3 is 1.90 bits per heavy atom. The van der Waals surface area contributed by atoms with E-state index in [9.17, 15) is 4.79 Å². The topological polar surface area (TPSA) is 56.8 Å².